The Morgan fingerprint density at radius 2 is 1.71 bits per heavy atom. The van der Waals surface area contributed by atoms with E-state index in [0.29, 0.717) is 0 Å². The highest BCUT2D eigenvalue weighted by Gasteiger charge is 2.40. The van der Waals surface area contributed by atoms with Crippen LogP contribution in [0.2, 0.25) is 0 Å². The molecule has 0 radical (unpaired) electrons. The van der Waals surface area contributed by atoms with Crippen LogP contribution in [0.3, 0.4) is 0 Å². The van der Waals surface area contributed by atoms with Gasteiger partial charge in [-0.15, -0.1) is 0 Å². The molecule has 0 unspecified atom stereocenters. The molecule has 8 heteroatoms. The van der Waals surface area contributed by atoms with Gasteiger partial charge in [0.2, 0.25) is 0 Å². The summed E-state index contributed by atoms with van der Waals surface area (Å²) in [4.78, 5) is 9.99. The van der Waals surface area contributed by atoms with Crippen molar-refractivity contribution in [2.24, 2.45) is 0 Å². The quantitative estimate of drug-likeness (QED) is 0.528. The minimum atomic E-state index is -4.33. The lowest BCUT2D eigenvalue weighted by Gasteiger charge is -2.14. The molecular weight excluding hydrogens is 218 g/mol. The second-order valence-electron chi connectivity index (χ2n) is 2.28. The molecule has 0 aromatic rings. The van der Waals surface area contributed by atoms with Gasteiger partial charge in [0.05, 0.1) is 13.0 Å². The topological polar surface area (TPSA) is 26.3 Å². The number of esters is 1. The summed E-state index contributed by atoms with van der Waals surface area (Å²) in [6.07, 6.45) is -8.84. The van der Waals surface area contributed by atoms with E-state index in [1.54, 1.807) is 0 Å². The molecule has 0 fully saturated rings. The summed E-state index contributed by atoms with van der Waals surface area (Å²) in [5, 5.41) is 0. The Morgan fingerprint density at radius 3 is 2.07 bits per heavy atom. The zero-order valence-corrected chi connectivity index (χ0v) is 6.65. The van der Waals surface area contributed by atoms with Gasteiger partial charge in [-0.25, -0.2) is 22.4 Å². The Morgan fingerprint density at radius 1 is 1.21 bits per heavy atom. The van der Waals surface area contributed by atoms with Gasteiger partial charge < -0.3 is 4.74 Å². The van der Waals surface area contributed by atoms with Gasteiger partial charge in [0.25, 0.3) is 0 Å². The third-order valence-electron chi connectivity index (χ3n) is 1.18. The third-order valence-corrected chi connectivity index (χ3v) is 1.18. The maximum absolute atomic E-state index is 12.1. The van der Waals surface area contributed by atoms with Crippen LogP contribution in [-0.2, 0) is 9.53 Å². The minimum Gasteiger partial charge on any atom is -0.461 e. The molecule has 0 heterocycles. The molecule has 0 rings (SSSR count). The molecule has 0 aliphatic carbocycles. The number of alkyl halides is 6. The van der Waals surface area contributed by atoms with Crippen LogP contribution in [0.15, 0.2) is 0 Å². The van der Waals surface area contributed by atoms with Crippen molar-refractivity contribution in [3.05, 3.63) is 0 Å². The maximum Gasteiger partial charge on any atom is 0.373 e. The van der Waals surface area contributed by atoms with Crippen molar-refractivity contribution in [2.45, 2.75) is 25.2 Å². The number of hydrogen-bond acceptors (Lipinski definition) is 2. The molecule has 0 aliphatic heterocycles. The molecule has 2 nitrogen and oxygen atoms in total. The molecule has 0 amide bonds. The number of rotatable bonds is 5. The molecule has 0 saturated heterocycles. The van der Waals surface area contributed by atoms with Crippen LogP contribution in [0, 0.1) is 0 Å². The molecule has 0 atom stereocenters. The van der Waals surface area contributed by atoms with Crippen LogP contribution in [0.4, 0.5) is 26.3 Å². The Kier molecular flexibility index (Phi) is 4.72. The summed E-state index contributed by atoms with van der Waals surface area (Å²) in [5.74, 6) is -6.34. The molecule has 0 aliphatic rings. The zero-order chi connectivity index (χ0) is 11.4. The normalized spacial score (nSPS) is 12.3. The van der Waals surface area contributed by atoms with E-state index in [1.165, 1.54) is 0 Å². The highest BCUT2D eigenvalue weighted by molar-refractivity contribution is 5.72. The lowest BCUT2D eigenvalue weighted by Crippen LogP contribution is -2.29. The number of hydrogen-bond donors (Lipinski definition) is 0. The number of carbonyl (C=O) groups excluding carboxylic acids is 1. The van der Waals surface area contributed by atoms with Crippen molar-refractivity contribution in [1.82, 2.24) is 0 Å². The zero-order valence-electron chi connectivity index (χ0n) is 6.65. The molecule has 0 aromatic carbocycles. The summed E-state index contributed by atoms with van der Waals surface area (Å²) in [7, 11) is 0. The average Bonchev–Trinajstić information content (AvgIpc) is 2.03. The van der Waals surface area contributed by atoms with E-state index in [-0.39, 0.29) is 0 Å². The van der Waals surface area contributed by atoms with E-state index >= 15 is 0 Å². The van der Waals surface area contributed by atoms with Crippen LogP contribution in [-0.4, -0.2) is 31.3 Å². The second-order valence-corrected chi connectivity index (χ2v) is 2.28. The van der Waals surface area contributed by atoms with Crippen molar-refractivity contribution in [3.63, 3.8) is 0 Å². The smallest absolute Gasteiger partial charge is 0.373 e. The first-order valence-electron chi connectivity index (χ1n) is 3.38. The highest BCUT2D eigenvalue weighted by Crippen LogP contribution is 2.26. The van der Waals surface area contributed by atoms with Crippen molar-refractivity contribution in [2.75, 3.05) is 6.61 Å². The van der Waals surface area contributed by atoms with Gasteiger partial charge in [0, 0.05) is 0 Å². The number of ether oxygens (including phenoxy) is 1. The van der Waals surface area contributed by atoms with Gasteiger partial charge >= 0.3 is 24.7 Å². The molecule has 14 heavy (non-hydrogen) atoms. The van der Waals surface area contributed by atoms with Gasteiger partial charge in [-0.1, -0.05) is 0 Å². The summed E-state index contributed by atoms with van der Waals surface area (Å²) < 4.78 is 73.4. The van der Waals surface area contributed by atoms with E-state index in [4.69, 9.17) is 0 Å². The first-order chi connectivity index (χ1) is 6.27. The molecule has 0 saturated carbocycles. The van der Waals surface area contributed by atoms with Gasteiger partial charge in [-0.2, -0.15) is 8.78 Å². The molecule has 84 valence electrons. The van der Waals surface area contributed by atoms with Crippen molar-refractivity contribution in [1.29, 1.82) is 0 Å². The highest BCUT2D eigenvalue weighted by atomic mass is 19.3. The fourth-order valence-electron chi connectivity index (χ4n) is 0.460. The van der Waals surface area contributed by atoms with Crippen molar-refractivity contribution in [3.8, 4) is 0 Å². The predicted octanol–water partition coefficient (Wildman–Crippen LogP) is 2.09. The standard InChI is InChI=1S/C6H6F6O2/c7-3(8)4(13)14-2-1-6(11,12)5(9)10/h3,5H,1-2H2. The fourth-order valence-corrected chi connectivity index (χ4v) is 0.460. The molecule has 0 spiro atoms. The monoisotopic (exact) mass is 224 g/mol. The van der Waals surface area contributed by atoms with Crippen LogP contribution in [0.25, 0.3) is 0 Å². The SMILES string of the molecule is O=C(OCCC(F)(F)C(F)F)C(F)F. The predicted molar refractivity (Wildman–Crippen MR) is 32.5 cm³/mol. The van der Waals surface area contributed by atoms with E-state index in [0.717, 1.165) is 0 Å². The van der Waals surface area contributed by atoms with Gasteiger partial charge in [-0.3, -0.25) is 0 Å². The first-order valence-corrected chi connectivity index (χ1v) is 3.38. The van der Waals surface area contributed by atoms with Crippen LogP contribution >= 0.6 is 0 Å². The second kappa shape index (κ2) is 5.06. The minimum absolute atomic E-state index is 1.17. The van der Waals surface area contributed by atoms with Gasteiger partial charge in [0.15, 0.2) is 0 Å². The van der Waals surface area contributed by atoms with Crippen LogP contribution < -0.4 is 0 Å². The molecular formula is C6H6F6O2. The Balaban J connectivity index is 3.80. The maximum atomic E-state index is 12.1. The Hall–Kier alpha value is -0.950. The van der Waals surface area contributed by atoms with Gasteiger partial charge in [0.1, 0.15) is 0 Å². The lowest BCUT2D eigenvalue weighted by molar-refractivity contribution is -0.165. The summed E-state index contributed by atoms with van der Waals surface area (Å²) >= 11 is 0. The summed E-state index contributed by atoms with van der Waals surface area (Å²) in [6.45, 7) is -1.17. The summed E-state index contributed by atoms with van der Waals surface area (Å²) in [5.41, 5.74) is 0. The van der Waals surface area contributed by atoms with E-state index in [1.807, 2.05) is 0 Å². The number of carbonyl (C=O) groups is 1. The van der Waals surface area contributed by atoms with E-state index in [2.05, 4.69) is 4.74 Å². The molecule has 0 aromatic heterocycles. The number of halogens is 6. The molecule has 0 bridgehead atoms. The average molecular weight is 224 g/mol. The van der Waals surface area contributed by atoms with E-state index in [9.17, 15) is 31.1 Å². The van der Waals surface area contributed by atoms with E-state index < -0.39 is 37.8 Å². The third kappa shape index (κ3) is 4.33. The van der Waals surface area contributed by atoms with Crippen LogP contribution in [0.1, 0.15) is 6.42 Å². The lowest BCUT2D eigenvalue weighted by atomic mass is 10.2. The Labute approximate surface area is 74.8 Å². The van der Waals surface area contributed by atoms with Crippen LogP contribution in [0.5, 0.6) is 0 Å². The summed E-state index contributed by atoms with van der Waals surface area (Å²) in [6, 6.07) is 0. The first kappa shape index (κ1) is 13.0. The van der Waals surface area contributed by atoms with Gasteiger partial charge in [-0.05, 0) is 0 Å². The molecule has 0 N–H and O–H groups in total. The van der Waals surface area contributed by atoms with Crippen molar-refractivity contribution < 1.29 is 35.9 Å². The Bertz CT molecular complexity index is 193. The van der Waals surface area contributed by atoms with Crippen molar-refractivity contribution >= 4 is 5.97 Å². The largest absolute Gasteiger partial charge is 0.461 e. The fraction of sp³-hybridized carbons (Fsp3) is 0.833.